The average Bonchev–Trinajstić information content (AvgIpc) is 2.47. The van der Waals surface area contributed by atoms with Gasteiger partial charge < -0.3 is 10.1 Å². The number of nitrogens with one attached hydrogen (secondary N) is 1. The first-order valence-electron chi connectivity index (χ1n) is 7.97. The second kappa shape index (κ2) is 8.86. The van der Waals surface area contributed by atoms with Gasteiger partial charge in [0.05, 0.1) is 6.10 Å². The molecule has 21 heavy (non-hydrogen) atoms. The van der Waals surface area contributed by atoms with E-state index >= 15 is 0 Å². The highest BCUT2D eigenvalue weighted by Gasteiger charge is 2.13. The fraction of sp³-hybridized carbons (Fsp3) is 0.647. The predicted octanol–water partition coefficient (Wildman–Crippen LogP) is 4.98. The summed E-state index contributed by atoms with van der Waals surface area (Å²) in [6.45, 7) is 3.84. The lowest BCUT2D eigenvalue weighted by Crippen LogP contribution is -2.23. The van der Waals surface area contributed by atoms with Crippen molar-refractivity contribution < 1.29 is 9.13 Å². The first-order chi connectivity index (χ1) is 10.2. The van der Waals surface area contributed by atoms with Crippen LogP contribution in [0.2, 0.25) is 0 Å². The zero-order chi connectivity index (χ0) is 15.1. The zero-order valence-electron chi connectivity index (χ0n) is 12.7. The van der Waals surface area contributed by atoms with Crippen molar-refractivity contribution in [2.75, 3.05) is 13.2 Å². The van der Waals surface area contributed by atoms with Crippen molar-refractivity contribution in [1.29, 1.82) is 0 Å². The largest absolute Gasteiger partial charge is 0.378 e. The molecule has 1 N–H and O–H groups in total. The van der Waals surface area contributed by atoms with E-state index in [9.17, 15) is 4.39 Å². The molecule has 2 nitrogen and oxygen atoms in total. The molecule has 1 aromatic carbocycles. The monoisotopic (exact) mass is 357 g/mol. The van der Waals surface area contributed by atoms with Crippen LogP contribution in [0.15, 0.2) is 22.7 Å². The van der Waals surface area contributed by atoms with E-state index in [0.717, 1.165) is 29.6 Å². The van der Waals surface area contributed by atoms with Gasteiger partial charge in [0.2, 0.25) is 0 Å². The van der Waals surface area contributed by atoms with Gasteiger partial charge in [-0.2, -0.15) is 0 Å². The normalized spacial score (nSPS) is 17.9. The molecule has 1 unspecified atom stereocenters. The van der Waals surface area contributed by atoms with Crippen molar-refractivity contribution in [3.05, 3.63) is 34.1 Å². The lowest BCUT2D eigenvalue weighted by atomic mass is 9.98. The summed E-state index contributed by atoms with van der Waals surface area (Å²) in [6, 6.07) is 5.05. The number of hydrogen-bond acceptors (Lipinski definition) is 2. The Bertz CT molecular complexity index is 435. The van der Waals surface area contributed by atoms with Crippen molar-refractivity contribution in [2.45, 2.75) is 57.6 Å². The van der Waals surface area contributed by atoms with Crippen LogP contribution in [0, 0.1) is 5.82 Å². The van der Waals surface area contributed by atoms with Crippen molar-refractivity contribution >= 4 is 15.9 Å². The number of rotatable bonds is 7. The summed E-state index contributed by atoms with van der Waals surface area (Å²) in [4.78, 5) is 0. The van der Waals surface area contributed by atoms with Gasteiger partial charge in [-0.15, -0.1) is 0 Å². The summed E-state index contributed by atoms with van der Waals surface area (Å²) in [5.41, 5.74) is 1.09. The minimum Gasteiger partial charge on any atom is -0.378 e. The molecule has 0 heterocycles. The second-order valence-corrected chi connectivity index (χ2v) is 6.68. The van der Waals surface area contributed by atoms with E-state index < -0.39 is 0 Å². The van der Waals surface area contributed by atoms with Gasteiger partial charge in [-0.25, -0.2) is 4.39 Å². The van der Waals surface area contributed by atoms with Crippen LogP contribution in [-0.4, -0.2) is 19.3 Å². The third-order valence-corrected chi connectivity index (χ3v) is 4.79. The van der Waals surface area contributed by atoms with Crippen LogP contribution in [0.4, 0.5) is 4.39 Å². The first-order valence-corrected chi connectivity index (χ1v) is 8.76. The standard InChI is InChI=1S/C17H25BrFNO/c1-13(16-9-8-14(19)12-17(16)18)20-10-5-11-21-15-6-3-2-4-7-15/h8-9,12-13,15,20H,2-7,10-11H2,1H3. The number of benzene rings is 1. The van der Waals surface area contributed by atoms with Crippen molar-refractivity contribution in [2.24, 2.45) is 0 Å². The molecule has 0 aromatic heterocycles. The Morgan fingerprint density at radius 1 is 1.33 bits per heavy atom. The maximum Gasteiger partial charge on any atom is 0.124 e. The molecule has 4 heteroatoms. The number of halogens is 2. The van der Waals surface area contributed by atoms with E-state index in [4.69, 9.17) is 4.74 Å². The molecule has 1 aromatic rings. The first kappa shape index (κ1) is 16.9. The molecule has 0 radical (unpaired) electrons. The van der Waals surface area contributed by atoms with Gasteiger partial charge in [0.15, 0.2) is 0 Å². The Morgan fingerprint density at radius 2 is 2.10 bits per heavy atom. The van der Waals surface area contributed by atoms with E-state index in [1.807, 2.05) is 6.07 Å². The summed E-state index contributed by atoms with van der Waals surface area (Å²) in [5, 5.41) is 3.46. The molecular formula is C17H25BrFNO. The summed E-state index contributed by atoms with van der Waals surface area (Å²) in [5.74, 6) is -0.210. The van der Waals surface area contributed by atoms with Crippen LogP contribution >= 0.6 is 15.9 Å². The lowest BCUT2D eigenvalue weighted by Gasteiger charge is -2.22. The van der Waals surface area contributed by atoms with E-state index in [1.54, 1.807) is 0 Å². The summed E-state index contributed by atoms with van der Waals surface area (Å²) >= 11 is 3.42. The Balaban J connectivity index is 1.63. The molecule has 0 aliphatic heterocycles. The molecule has 0 amide bonds. The van der Waals surface area contributed by atoms with Crippen LogP contribution in [0.5, 0.6) is 0 Å². The molecule has 1 aliphatic rings. The Labute approximate surface area is 135 Å². The molecule has 1 atom stereocenters. The van der Waals surface area contributed by atoms with Crippen molar-refractivity contribution in [3.63, 3.8) is 0 Å². The van der Waals surface area contributed by atoms with Gasteiger partial charge in [-0.3, -0.25) is 0 Å². The van der Waals surface area contributed by atoms with Crippen LogP contribution in [-0.2, 0) is 4.74 Å². The zero-order valence-corrected chi connectivity index (χ0v) is 14.3. The van der Waals surface area contributed by atoms with E-state index in [2.05, 4.69) is 28.2 Å². The second-order valence-electron chi connectivity index (χ2n) is 5.83. The van der Waals surface area contributed by atoms with Crippen LogP contribution in [0.25, 0.3) is 0 Å². The van der Waals surface area contributed by atoms with Gasteiger partial charge in [-0.1, -0.05) is 41.3 Å². The fourth-order valence-corrected chi connectivity index (χ4v) is 3.53. The third-order valence-electron chi connectivity index (χ3n) is 4.11. The SMILES string of the molecule is CC(NCCCOC1CCCCC1)c1ccc(F)cc1Br. The molecule has 118 valence electrons. The number of hydrogen-bond donors (Lipinski definition) is 1. The minimum atomic E-state index is -0.210. The van der Waals surface area contributed by atoms with Gasteiger partial charge in [0.25, 0.3) is 0 Å². The topological polar surface area (TPSA) is 21.3 Å². The summed E-state index contributed by atoms with van der Waals surface area (Å²) in [6.07, 6.45) is 7.96. The highest BCUT2D eigenvalue weighted by atomic mass is 79.9. The van der Waals surface area contributed by atoms with E-state index in [1.165, 1.54) is 44.2 Å². The maximum absolute atomic E-state index is 13.1. The van der Waals surface area contributed by atoms with Gasteiger partial charge >= 0.3 is 0 Å². The van der Waals surface area contributed by atoms with Gasteiger partial charge in [-0.05, 0) is 50.4 Å². The number of ether oxygens (including phenoxy) is 1. The quantitative estimate of drug-likeness (QED) is 0.695. The molecule has 0 spiro atoms. The molecular weight excluding hydrogens is 333 g/mol. The highest BCUT2D eigenvalue weighted by Crippen LogP contribution is 2.24. The van der Waals surface area contributed by atoms with Gasteiger partial charge in [0, 0.05) is 17.1 Å². The summed E-state index contributed by atoms with van der Waals surface area (Å²) in [7, 11) is 0. The average molecular weight is 358 g/mol. The van der Waals surface area contributed by atoms with Crippen molar-refractivity contribution in [1.82, 2.24) is 5.32 Å². The molecule has 1 saturated carbocycles. The molecule has 1 aliphatic carbocycles. The molecule has 2 rings (SSSR count). The lowest BCUT2D eigenvalue weighted by molar-refractivity contribution is 0.0271. The minimum absolute atomic E-state index is 0.203. The molecule has 0 saturated heterocycles. The van der Waals surface area contributed by atoms with Crippen molar-refractivity contribution in [3.8, 4) is 0 Å². The van der Waals surface area contributed by atoms with Crippen LogP contribution in [0.3, 0.4) is 0 Å². The Morgan fingerprint density at radius 3 is 2.81 bits per heavy atom. The van der Waals surface area contributed by atoms with E-state index in [-0.39, 0.29) is 11.9 Å². The smallest absolute Gasteiger partial charge is 0.124 e. The summed E-state index contributed by atoms with van der Waals surface area (Å²) < 4.78 is 19.8. The molecule has 0 bridgehead atoms. The maximum atomic E-state index is 13.1. The predicted molar refractivity (Wildman–Crippen MR) is 88.0 cm³/mol. The van der Waals surface area contributed by atoms with Crippen LogP contribution in [0.1, 0.15) is 57.1 Å². The molecule has 1 fully saturated rings. The highest BCUT2D eigenvalue weighted by molar-refractivity contribution is 9.10. The Kier molecular flexibility index (Phi) is 7.14. The fourth-order valence-electron chi connectivity index (χ4n) is 2.84. The van der Waals surface area contributed by atoms with Gasteiger partial charge in [0.1, 0.15) is 5.82 Å². The Hall–Kier alpha value is -0.450. The van der Waals surface area contributed by atoms with Crippen LogP contribution < -0.4 is 5.32 Å². The van der Waals surface area contributed by atoms with E-state index in [0.29, 0.717) is 6.10 Å². The third kappa shape index (κ3) is 5.68.